The lowest BCUT2D eigenvalue weighted by molar-refractivity contribution is -0.134. The number of aliphatic hydroxyl groups is 2. The zero-order valence-corrected chi connectivity index (χ0v) is 11.8. The fourth-order valence-electron chi connectivity index (χ4n) is 2.43. The van der Waals surface area contributed by atoms with E-state index in [0.717, 1.165) is 0 Å². The molecule has 2 aromatic heterocycles. The second-order valence-corrected chi connectivity index (χ2v) is 5.10. The summed E-state index contributed by atoms with van der Waals surface area (Å²) in [6.45, 7) is -0.739. The number of carbonyl (C=O) groups is 1. The fraction of sp³-hybridized carbons (Fsp3) is 0.500. The van der Waals surface area contributed by atoms with Gasteiger partial charge in [0.05, 0.1) is 19.0 Å². The number of nitrogens with zero attached hydrogens (tertiary/aromatic N) is 3. The van der Waals surface area contributed by atoms with E-state index in [1.165, 1.54) is 10.9 Å². The average molecular weight is 325 g/mol. The van der Waals surface area contributed by atoms with Gasteiger partial charge in [-0.25, -0.2) is 4.98 Å². The summed E-state index contributed by atoms with van der Waals surface area (Å²) in [7, 11) is 0. The third-order valence-electron chi connectivity index (χ3n) is 3.53. The number of nitrogens with one attached hydrogen (secondary N) is 2. The molecule has 3 heterocycles. The third-order valence-corrected chi connectivity index (χ3v) is 3.53. The standard InChI is InChI=1S/C12H15N5O6/c18-3-6-5(19)1-7(23-6)17-4-14-9-10(17)15-12(16-11(9)22)13-2-8(20)21/h4-7,18-19H,1-3H2,(H,20,21)(H2,13,15,16,22)/t5-,6+,7+/m0/s1. The van der Waals surface area contributed by atoms with Crippen LogP contribution in [0.15, 0.2) is 11.1 Å². The number of aliphatic hydroxyl groups excluding tert-OH is 2. The highest BCUT2D eigenvalue weighted by molar-refractivity contribution is 5.74. The maximum absolute atomic E-state index is 12.0. The minimum Gasteiger partial charge on any atom is -0.480 e. The molecule has 0 bridgehead atoms. The third kappa shape index (κ3) is 2.88. The largest absolute Gasteiger partial charge is 0.480 e. The van der Waals surface area contributed by atoms with Gasteiger partial charge in [0, 0.05) is 6.42 Å². The molecule has 11 nitrogen and oxygen atoms in total. The SMILES string of the molecule is O=C(O)CNc1nc2c(ncn2[C@H]2C[C@H](O)[C@@H](CO)O2)c(=O)[nH]1. The molecular formula is C12H15N5O6. The van der Waals surface area contributed by atoms with E-state index in [0.29, 0.717) is 0 Å². The summed E-state index contributed by atoms with van der Waals surface area (Å²) in [5.74, 6) is -1.11. The Balaban J connectivity index is 1.95. The summed E-state index contributed by atoms with van der Waals surface area (Å²) in [6, 6.07) is 0. The molecule has 3 rings (SSSR count). The molecule has 1 aliphatic heterocycles. The number of anilines is 1. The molecule has 23 heavy (non-hydrogen) atoms. The molecule has 3 atom stereocenters. The summed E-state index contributed by atoms with van der Waals surface area (Å²) in [5.41, 5.74) is -0.271. The second kappa shape index (κ2) is 5.95. The fourth-order valence-corrected chi connectivity index (χ4v) is 2.43. The lowest BCUT2D eigenvalue weighted by Gasteiger charge is -2.13. The number of ether oxygens (including phenoxy) is 1. The number of hydrogen-bond acceptors (Lipinski definition) is 8. The van der Waals surface area contributed by atoms with Crippen molar-refractivity contribution in [1.82, 2.24) is 19.5 Å². The number of imidazole rings is 1. The van der Waals surface area contributed by atoms with E-state index in [-0.39, 0.29) is 30.1 Å². The Morgan fingerprint density at radius 2 is 2.35 bits per heavy atom. The quantitative estimate of drug-likeness (QED) is 0.429. The van der Waals surface area contributed by atoms with Crippen molar-refractivity contribution in [3.63, 3.8) is 0 Å². The van der Waals surface area contributed by atoms with Gasteiger partial charge in [0.2, 0.25) is 5.95 Å². The van der Waals surface area contributed by atoms with Gasteiger partial charge >= 0.3 is 5.97 Å². The molecule has 0 aromatic carbocycles. The molecule has 2 aromatic rings. The van der Waals surface area contributed by atoms with Crippen LogP contribution in [-0.4, -0.2) is 66.2 Å². The smallest absolute Gasteiger partial charge is 0.322 e. The number of carboxylic acid groups (broad SMARTS) is 1. The maximum atomic E-state index is 12.0. The number of rotatable bonds is 5. The van der Waals surface area contributed by atoms with Gasteiger partial charge in [-0.05, 0) is 0 Å². The highest BCUT2D eigenvalue weighted by Gasteiger charge is 2.35. The van der Waals surface area contributed by atoms with Gasteiger partial charge < -0.3 is 25.4 Å². The van der Waals surface area contributed by atoms with Crippen LogP contribution >= 0.6 is 0 Å². The zero-order valence-electron chi connectivity index (χ0n) is 11.8. The predicted molar refractivity (Wildman–Crippen MR) is 75.9 cm³/mol. The van der Waals surface area contributed by atoms with Crippen molar-refractivity contribution in [2.24, 2.45) is 0 Å². The van der Waals surface area contributed by atoms with Gasteiger partial charge in [-0.15, -0.1) is 0 Å². The molecule has 1 saturated heterocycles. The van der Waals surface area contributed by atoms with Crippen molar-refractivity contribution < 1.29 is 24.9 Å². The van der Waals surface area contributed by atoms with Crippen LogP contribution in [0.5, 0.6) is 0 Å². The number of aromatic nitrogens is 4. The van der Waals surface area contributed by atoms with Crippen LogP contribution in [0.25, 0.3) is 11.2 Å². The van der Waals surface area contributed by atoms with E-state index in [4.69, 9.17) is 14.9 Å². The van der Waals surface area contributed by atoms with Gasteiger partial charge in [-0.2, -0.15) is 4.98 Å². The number of hydrogen-bond donors (Lipinski definition) is 5. The Morgan fingerprint density at radius 1 is 1.57 bits per heavy atom. The average Bonchev–Trinajstić information content (AvgIpc) is 3.08. The molecule has 0 radical (unpaired) electrons. The number of H-pyrrole nitrogens is 1. The topological polar surface area (TPSA) is 163 Å². The predicted octanol–water partition coefficient (Wildman–Crippen LogP) is -1.74. The van der Waals surface area contributed by atoms with Crippen LogP contribution in [0, 0.1) is 0 Å². The van der Waals surface area contributed by atoms with Crippen LogP contribution in [0.1, 0.15) is 12.6 Å². The van der Waals surface area contributed by atoms with Gasteiger partial charge in [0.15, 0.2) is 11.2 Å². The van der Waals surface area contributed by atoms with E-state index in [9.17, 15) is 14.7 Å². The Bertz CT molecular complexity index is 786. The molecule has 1 fully saturated rings. The number of fused-ring (bicyclic) bond motifs is 1. The van der Waals surface area contributed by atoms with Crippen molar-refractivity contribution in [2.75, 3.05) is 18.5 Å². The lowest BCUT2D eigenvalue weighted by atomic mass is 10.2. The van der Waals surface area contributed by atoms with Crippen molar-refractivity contribution >= 4 is 23.1 Å². The van der Waals surface area contributed by atoms with E-state index >= 15 is 0 Å². The Labute approximate surface area is 128 Å². The number of aliphatic carboxylic acids is 1. The highest BCUT2D eigenvalue weighted by Crippen LogP contribution is 2.30. The first-order valence-electron chi connectivity index (χ1n) is 6.86. The molecule has 0 unspecified atom stereocenters. The van der Waals surface area contributed by atoms with Crippen molar-refractivity contribution in [2.45, 2.75) is 24.9 Å². The molecule has 0 spiro atoms. The Morgan fingerprint density at radius 3 is 3.00 bits per heavy atom. The molecule has 0 amide bonds. The first kappa shape index (κ1) is 15.4. The van der Waals surface area contributed by atoms with Crippen LogP contribution in [0.3, 0.4) is 0 Å². The van der Waals surface area contributed by atoms with Crippen molar-refractivity contribution in [1.29, 1.82) is 0 Å². The van der Waals surface area contributed by atoms with Crippen molar-refractivity contribution in [3.8, 4) is 0 Å². The molecule has 1 aliphatic rings. The van der Waals surface area contributed by atoms with E-state index in [2.05, 4.69) is 20.3 Å². The first-order valence-corrected chi connectivity index (χ1v) is 6.86. The first-order chi connectivity index (χ1) is 11.0. The van der Waals surface area contributed by atoms with Crippen LogP contribution in [-0.2, 0) is 9.53 Å². The van der Waals surface area contributed by atoms with Gasteiger partial charge in [0.1, 0.15) is 18.9 Å². The Hall–Kier alpha value is -2.50. The number of aromatic amines is 1. The summed E-state index contributed by atoms with van der Waals surface area (Å²) in [6.07, 6.45) is -0.625. The maximum Gasteiger partial charge on any atom is 0.322 e. The molecule has 5 N–H and O–H groups in total. The van der Waals surface area contributed by atoms with Gasteiger partial charge in [-0.3, -0.25) is 19.1 Å². The molecule has 0 saturated carbocycles. The molecular weight excluding hydrogens is 310 g/mol. The second-order valence-electron chi connectivity index (χ2n) is 5.10. The minimum atomic E-state index is -1.10. The molecule has 124 valence electrons. The zero-order chi connectivity index (χ0) is 16.6. The van der Waals surface area contributed by atoms with Crippen molar-refractivity contribution in [3.05, 3.63) is 16.7 Å². The lowest BCUT2D eigenvalue weighted by Crippen LogP contribution is -2.24. The minimum absolute atomic E-state index is 0.0103. The summed E-state index contributed by atoms with van der Waals surface area (Å²) in [5, 5.41) is 30.1. The van der Waals surface area contributed by atoms with E-state index < -0.39 is 36.5 Å². The molecule has 11 heteroatoms. The Kier molecular flexibility index (Phi) is 3.98. The summed E-state index contributed by atoms with van der Waals surface area (Å²) >= 11 is 0. The monoisotopic (exact) mass is 325 g/mol. The summed E-state index contributed by atoms with van der Waals surface area (Å²) in [4.78, 5) is 33.0. The van der Waals surface area contributed by atoms with Crippen LogP contribution < -0.4 is 10.9 Å². The van der Waals surface area contributed by atoms with Crippen LogP contribution in [0.4, 0.5) is 5.95 Å². The van der Waals surface area contributed by atoms with Gasteiger partial charge in [-0.1, -0.05) is 0 Å². The number of carboxylic acids is 1. The van der Waals surface area contributed by atoms with E-state index in [1.54, 1.807) is 0 Å². The van der Waals surface area contributed by atoms with E-state index in [1.807, 2.05) is 0 Å². The highest BCUT2D eigenvalue weighted by atomic mass is 16.5. The molecule has 0 aliphatic carbocycles. The van der Waals surface area contributed by atoms with Crippen LogP contribution in [0.2, 0.25) is 0 Å². The summed E-state index contributed by atoms with van der Waals surface area (Å²) < 4.78 is 6.98. The normalized spacial score (nSPS) is 24.2. The van der Waals surface area contributed by atoms with Gasteiger partial charge in [0.25, 0.3) is 5.56 Å².